The van der Waals surface area contributed by atoms with Crippen molar-refractivity contribution in [3.05, 3.63) is 48.6 Å². The number of carbonyl (C=O) groups excluding carboxylic acids is 2. The highest BCUT2D eigenvalue weighted by Gasteiger charge is 2.27. The number of nitrogens with zero attached hydrogens (tertiary/aromatic N) is 1. The fourth-order valence-corrected chi connectivity index (χ4v) is 11.4. The Morgan fingerprint density at radius 3 is 1.12 bits per heavy atom. The molecular weight excluding hydrogens is 1050 g/mol. The highest BCUT2D eigenvalue weighted by molar-refractivity contribution is 7.45. The Kier molecular flexibility index (Phi) is 61.5. The van der Waals surface area contributed by atoms with Crippen molar-refractivity contribution in [1.29, 1.82) is 0 Å². The van der Waals surface area contributed by atoms with E-state index in [4.69, 9.17) is 13.8 Å². The zero-order valence-electron chi connectivity index (χ0n) is 55.9. The number of unbranched alkanes of at least 4 members (excludes halogenated alkanes) is 44. The average Bonchev–Trinajstić information content (AvgIpc) is 3.51. The molecule has 0 rings (SSSR count). The number of hydrogen-bond donors (Lipinski definition) is 1. The maximum Gasteiger partial charge on any atom is 0.306 e. The van der Waals surface area contributed by atoms with Gasteiger partial charge in [-0.15, -0.1) is 0 Å². The van der Waals surface area contributed by atoms with Gasteiger partial charge in [-0.2, -0.15) is 0 Å². The number of hydrogen-bond acceptors (Lipinski definition) is 7. The number of nitrogens with one attached hydrogen (secondary N) is 1. The number of rotatable bonds is 66. The molecule has 0 aromatic heterocycles. The SMILES string of the molecule is CCCCC/C=C\C/C=C\C/C=C\CCCCCCCCCCC(=O)OC(/C=C/CCCCCCCCCCC)C(COP(=O)([O-])OCC[N+](C)(C)C)NC(=O)CCCCCCCCCCCCCCCCCCCCCCCCCCC. The number of ether oxygens (including phenoxy) is 1. The number of phosphoric ester groups is 1. The molecule has 3 unspecified atom stereocenters. The topological polar surface area (TPSA) is 114 Å². The van der Waals surface area contributed by atoms with E-state index >= 15 is 0 Å². The van der Waals surface area contributed by atoms with Crippen LogP contribution in [-0.4, -0.2) is 69.4 Å². The van der Waals surface area contributed by atoms with Gasteiger partial charge >= 0.3 is 5.97 Å². The van der Waals surface area contributed by atoms with Crippen molar-refractivity contribution in [3.8, 4) is 0 Å². The highest BCUT2D eigenvalue weighted by atomic mass is 31.2. The molecule has 10 heteroatoms. The minimum atomic E-state index is -4.70. The lowest BCUT2D eigenvalue weighted by Gasteiger charge is -2.30. The molecule has 0 spiro atoms. The summed E-state index contributed by atoms with van der Waals surface area (Å²) in [7, 11) is 1.19. The van der Waals surface area contributed by atoms with Crippen molar-refractivity contribution in [2.24, 2.45) is 0 Å². The van der Waals surface area contributed by atoms with Gasteiger partial charge in [0.25, 0.3) is 7.82 Å². The molecule has 0 fully saturated rings. The van der Waals surface area contributed by atoms with Crippen LogP contribution in [0.5, 0.6) is 0 Å². The van der Waals surface area contributed by atoms with Crippen LogP contribution < -0.4 is 10.2 Å². The first-order chi connectivity index (χ1) is 40.4. The van der Waals surface area contributed by atoms with Crippen LogP contribution in [-0.2, 0) is 27.9 Å². The molecule has 1 amide bonds. The molecule has 9 nitrogen and oxygen atoms in total. The predicted octanol–water partition coefficient (Wildman–Crippen LogP) is 22.2. The highest BCUT2D eigenvalue weighted by Crippen LogP contribution is 2.38. The van der Waals surface area contributed by atoms with E-state index in [0.717, 1.165) is 83.5 Å². The average molecular weight is 1190 g/mol. The fraction of sp³-hybridized carbons (Fsp3) is 0.863. The molecule has 0 aliphatic rings. The van der Waals surface area contributed by atoms with Gasteiger partial charge in [-0.05, 0) is 70.3 Å². The molecule has 1 N–H and O–H groups in total. The van der Waals surface area contributed by atoms with Gasteiger partial charge in [0, 0.05) is 12.8 Å². The Bertz CT molecular complexity index is 1560. The first-order valence-electron chi connectivity index (χ1n) is 35.9. The van der Waals surface area contributed by atoms with E-state index in [-0.39, 0.29) is 31.5 Å². The van der Waals surface area contributed by atoms with Gasteiger partial charge in [-0.1, -0.05) is 320 Å². The van der Waals surface area contributed by atoms with Crippen LogP contribution in [0.1, 0.15) is 355 Å². The summed E-state index contributed by atoms with van der Waals surface area (Å²) in [4.78, 5) is 40.2. The summed E-state index contributed by atoms with van der Waals surface area (Å²) in [6, 6.07) is -0.890. The van der Waals surface area contributed by atoms with Gasteiger partial charge in [0.1, 0.15) is 19.3 Å². The first kappa shape index (κ1) is 81.0. The summed E-state index contributed by atoms with van der Waals surface area (Å²) >= 11 is 0. The molecule has 0 aliphatic heterocycles. The standard InChI is InChI=1S/C73H139N2O7P/c1-7-10-13-16-19-22-25-27-29-31-33-35-36-37-38-40-41-43-45-47-50-53-56-59-62-65-72(76)74-70(69-81-83(78,79)80-68-67-75(4,5)6)71(64-61-58-55-52-49-24-21-18-15-12-9-3)82-73(77)66-63-60-57-54-51-48-46-44-42-39-34-32-30-28-26-23-20-17-14-11-8-2/h20,23,28,30,34,39,61,64,70-71H,7-19,21-22,24-27,29,31-33,35-38,40-60,62-63,65-69H2,1-6H3,(H-,74,76,78,79)/b23-20-,30-28-,39-34-,64-61+. The predicted molar refractivity (Wildman–Crippen MR) is 358 cm³/mol. The molecule has 488 valence electrons. The maximum absolute atomic E-state index is 13.6. The second-order valence-electron chi connectivity index (χ2n) is 25.7. The Morgan fingerprint density at radius 2 is 0.735 bits per heavy atom. The first-order valence-corrected chi connectivity index (χ1v) is 37.4. The van der Waals surface area contributed by atoms with E-state index in [1.807, 2.05) is 33.3 Å². The van der Waals surface area contributed by atoms with E-state index in [1.165, 1.54) is 238 Å². The lowest BCUT2D eigenvalue weighted by Crippen LogP contribution is -2.47. The molecule has 0 heterocycles. The van der Waals surface area contributed by atoms with E-state index in [1.54, 1.807) is 0 Å². The molecule has 0 saturated heterocycles. The molecule has 83 heavy (non-hydrogen) atoms. The molecule has 0 aromatic rings. The molecule has 0 radical (unpaired) electrons. The summed E-state index contributed by atoms with van der Waals surface area (Å²) < 4.78 is 30.4. The van der Waals surface area contributed by atoms with Crippen LogP contribution in [0.2, 0.25) is 0 Å². The van der Waals surface area contributed by atoms with Crippen molar-refractivity contribution in [1.82, 2.24) is 5.32 Å². The minimum absolute atomic E-state index is 0.0220. The lowest BCUT2D eigenvalue weighted by molar-refractivity contribution is -0.870. The number of allylic oxidation sites excluding steroid dienone is 7. The number of quaternary nitrogens is 1. The second-order valence-corrected chi connectivity index (χ2v) is 27.2. The normalized spacial score (nSPS) is 13.8. The Morgan fingerprint density at radius 1 is 0.422 bits per heavy atom. The van der Waals surface area contributed by atoms with E-state index in [0.29, 0.717) is 17.4 Å². The number of amides is 1. The summed E-state index contributed by atoms with van der Waals surface area (Å²) in [5.41, 5.74) is 0. The van der Waals surface area contributed by atoms with Crippen molar-refractivity contribution in [3.63, 3.8) is 0 Å². The minimum Gasteiger partial charge on any atom is -0.756 e. The number of phosphoric acid groups is 1. The van der Waals surface area contributed by atoms with Crippen molar-refractivity contribution >= 4 is 19.7 Å². The molecule has 0 aromatic carbocycles. The summed E-state index contributed by atoms with van der Waals surface area (Å²) in [6.45, 7) is 6.86. The van der Waals surface area contributed by atoms with Crippen LogP contribution in [0.4, 0.5) is 0 Å². The van der Waals surface area contributed by atoms with Gasteiger partial charge < -0.3 is 28.5 Å². The van der Waals surface area contributed by atoms with Crippen LogP contribution in [0.15, 0.2) is 48.6 Å². The quantitative estimate of drug-likeness (QED) is 0.0212. The third kappa shape index (κ3) is 64.3. The molecule has 0 bridgehead atoms. The number of esters is 1. The third-order valence-corrected chi connectivity index (χ3v) is 17.2. The fourth-order valence-electron chi connectivity index (χ4n) is 10.7. The van der Waals surface area contributed by atoms with Crippen LogP contribution in [0.3, 0.4) is 0 Å². The van der Waals surface area contributed by atoms with Crippen LogP contribution in [0.25, 0.3) is 0 Å². The lowest BCUT2D eigenvalue weighted by atomic mass is 10.0. The largest absolute Gasteiger partial charge is 0.756 e. The Labute approximate surface area is 516 Å². The van der Waals surface area contributed by atoms with Gasteiger partial charge in [0.2, 0.25) is 5.91 Å². The van der Waals surface area contributed by atoms with Gasteiger partial charge in [0.05, 0.1) is 33.8 Å². The summed E-state index contributed by atoms with van der Waals surface area (Å²) in [5.74, 6) is -0.533. The molecule has 0 saturated carbocycles. The van der Waals surface area contributed by atoms with Gasteiger partial charge in [-0.25, -0.2) is 0 Å². The molecular formula is C73H139N2O7P. The van der Waals surface area contributed by atoms with Gasteiger partial charge in [0.15, 0.2) is 0 Å². The van der Waals surface area contributed by atoms with Crippen molar-refractivity contribution < 1.29 is 37.3 Å². The second kappa shape index (κ2) is 63.0. The van der Waals surface area contributed by atoms with E-state index in [9.17, 15) is 19.0 Å². The van der Waals surface area contributed by atoms with E-state index in [2.05, 4.69) is 62.5 Å². The van der Waals surface area contributed by atoms with Crippen LogP contribution >= 0.6 is 7.82 Å². The van der Waals surface area contributed by atoms with Crippen LogP contribution in [0, 0.1) is 0 Å². The molecule has 0 aliphatic carbocycles. The Hall–Kier alpha value is -2.03. The maximum atomic E-state index is 13.6. The zero-order chi connectivity index (χ0) is 60.7. The Balaban J connectivity index is 4.99. The summed E-state index contributed by atoms with van der Waals surface area (Å²) in [5, 5.41) is 3.05. The van der Waals surface area contributed by atoms with Crippen molar-refractivity contribution in [2.75, 3.05) is 40.9 Å². The van der Waals surface area contributed by atoms with Crippen molar-refractivity contribution in [2.45, 2.75) is 367 Å². The smallest absolute Gasteiger partial charge is 0.306 e. The van der Waals surface area contributed by atoms with E-state index < -0.39 is 20.0 Å². The third-order valence-electron chi connectivity index (χ3n) is 16.3. The number of likely N-dealkylation sites (N-methyl/N-ethyl adjacent to an activating group) is 1. The summed E-state index contributed by atoms with van der Waals surface area (Å²) in [6.07, 6.45) is 79.5. The molecule has 3 atom stereocenters. The zero-order valence-corrected chi connectivity index (χ0v) is 56.8. The number of carbonyl (C=O) groups is 2. The monoisotopic (exact) mass is 1190 g/mol. The van der Waals surface area contributed by atoms with Gasteiger partial charge in [-0.3, -0.25) is 14.2 Å².